The van der Waals surface area contributed by atoms with Gasteiger partial charge >= 0.3 is 5.63 Å². The fraction of sp³-hybridized carbons (Fsp3) is 0.0833. The van der Waals surface area contributed by atoms with Crippen molar-refractivity contribution in [3.63, 3.8) is 0 Å². The molecule has 0 amide bonds. The first-order valence-electron chi connectivity index (χ1n) is 9.46. The van der Waals surface area contributed by atoms with Gasteiger partial charge in [-0.05, 0) is 42.0 Å². The third kappa shape index (κ3) is 3.46. The maximum absolute atomic E-state index is 12.8. The highest BCUT2D eigenvalue weighted by molar-refractivity contribution is 7.99. The molecule has 1 unspecified atom stereocenters. The van der Waals surface area contributed by atoms with E-state index in [0.29, 0.717) is 23.3 Å². The van der Waals surface area contributed by atoms with Gasteiger partial charge in [-0.15, -0.1) is 11.8 Å². The number of hydrogen-bond donors (Lipinski definition) is 2. The number of fused-ring (bicyclic) bond motifs is 2. The van der Waals surface area contributed by atoms with Crippen LogP contribution in [0.2, 0.25) is 0 Å². The maximum atomic E-state index is 12.8. The number of para-hydroxylation sites is 2. The molecule has 1 aromatic heterocycles. The van der Waals surface area contributed by atoms with Crippen LogP contribution in [0, 0.1) is 0 Å². The monoisotopic (exact) mass is 415 g/mol. The van der Waals surface area contributed by atoms with Crippen molar-refractivity contribution in [2.75, 3.05) is 0 Å². The minimum absolute atomic E-state index is 0.00756. The first-order chi connectivity index (χ1) is 14.6. The van der Waals surface area contributed by atoms with Crippen molar-refractivity contribution in [1.29, 1.82) is 0 Å². The lowest BCUT2D eigenvalue weighted by atomic mass is 10.0. The van der Waals surface area contributed by atoms with Gasteiger partial charge in [0.2, 0.25) is 0 Å². The normalized spacial score (nSPS) is 16.0. The predicted molar refractivity (Wildman–Crippen MR) is 118 cm³/mol. The summed E-state index contributed by atoms with van der Waals surface area (Å²) in [5, 5.41) is 20.6. The van der Waals surface area contributed by atoms with Crippen LogP contribution in [-0.4, -0.2) is 15.9 Å². The van der Waals surface area contributed by atoms with E-state index in [4.69, 9.17) is 9.41 Å². The summed E-state index contributed by atoms with van der Waals surface area (Å²) in [6, 6.07) is 21.5. The molecule has 0 saturated heterocycles. The summed E-state index contributed by atoms with van der Waals surface area (Å²) in [5.41, 5.74) is 2.66. The summed E-state index contributed by atoms with van der Waals surface area (Å²) in [6.07, 6.45) is 0.436. The van der Waals surface area contributed by atoms with Crippen LogP contribution in [0.3, 0.4) is 0 Å². The van der Waals surface area contributed by atoms with E-state index in [1.807, 2.05) is 48.5 Å². The molecule has 0 radical (unpaired) electrons. The molecule has 2 N–H and O–H groups in total. The van der Waals surface area contributed by atoms with Gasteiger partial charge in [-0.2, -0.15) is 0 Å². The molecular formula is C24H17NO4S. The topological polar surface area (TPSA) is 83.0 Å². The second-order valence-corrected chi connectivity index (χ2v) is 8.35. The van der Waals surface area contributed by atoms with Gasteiger partial charge in [-0.3, -0.25) is 4.99 Å². The Kier molecular flexibility index (Phi) is 4.56. The van der Waals surface area contributed by atoms with Crippen molar-refractivity contribution >= 4 is 34.1 Å². The van der Waals surface area contributed by atoms with Crippen molar-refractivity contribution in [3.05, 3.63) is 94.3 Å². The van der Waals surface area contributed by atoms with Crippen LogP contribution in [0.25, 0.3) is 11.0 Å². The summed E-state index contributed by atoms with van der Waals surface area (Å²) >= 11 is 1.59. The van der Waals surface area contributed by atoms with Gasteiger partial charge in [0.25, 0.3) is 0 Å². The van der Waals surface area contributed by atoms with Crippen molar-refractivity contribution in [2.24, 2.45) is 4.99 Å². The summed E-state index contributed by atoms with van der Waals surface area (Å²) in [7, 11) is 0. The molecule has 0 spiro atoms. The molecule has 4 aromatic rings. The smallest absolute Gasteiger partial charge is 0.345 e. The fourth-order valence-corrected chi connectivity index (χ4v) is 4.85. The van der Waals surface area contributed by atoms with E-state index >= 15 is 0 Å². The molecule has 1 atom stereocenters. The van der Waals surface area contributed by atoms with Crippen molar-refractivity contribution in [2.45, 2.75) is 16.6 Å². The van der Waals surface area contributed by atoms with Crippen molar-refractivity contribution in [1.82, 2.24) is 0 Å². The van der Waals surface area contributed by atoms with Crippen LogP contribution < -0.4 is 5.63 Å². The highest BCUT2D eigenvalue weighted by Gasteiger charge is 2.25. The van der Waals surface area contributed by atoms with E-state index in [2.05, 4.69) is 0 Å². The third-order valence-electron chi connectivity index (χ3n) is 5.02. The lowest BCUT2D eigenvalue weighted by Gasteiger charge is -2.16. The van der Waals surface area contributed by atoms with Crippen LogP contribution in [0.15, 0.2) is 91.9 Å². The SMILES string of the molecule is O=c1oc2ccccc2cc1C1=Nc2ccccc2SC(c2cc(O)cc(O)c2)C1. The van der Waals surface area contributed by atoms with E-state index in [1.165, 1.54) is 6.07 Å². The number of aliphatic imine (C=N–C) groups is 1. The first kappa shape index (κ1) is 18.5. The zero-order valence-corrected chi connectivity index (χ0v) is 16.6. The Balaban J connectivity index is 1.68. The van der Waals surface area contributed by atoms with Crippen LogP contribution in [0.1, 0.15) is 22.8 Å². The highest BCUT2D eigenvalue weighted by Crippen LogP contribution is 2.46. The van der Waals surface area contributed by atoms with Crippen LogP contribution >= 0.6 is 11.8 Å². The standard InChI is InChI=1S/C24H17NO4S/c26-16-9-15(10-17(27)12-16)23-13-20(25-19-6-2-4-8-22(19)30-23)18-11-14-5-1-3-7-21(14)29-24(18)28/h1-12,23,26-27H,13H2. The van der Waals surface area contributed by atoms with Gasteiger partial charge in [0.05, 0.1) is 17.0 Å². The minimum atomic E-state index is -0.436. The molecule has 30 heavy (non-hydrogen) atoms. The third-order valence-corrected chi connectivity index (χ3v) is 6.34. The van der Waals surface area contributed by atoms with E-state index in [1.54, 1.807) is 30.0 Å². The van der Waals surface area contributed by atoms with Gasteiger partial charge in [-0.25, -0.2) is 4.79 Å². The minimum Gasteiger partial charge on any atom is -0.508 e. The molecule has 148 valence electrons. The van der Waals surface area contributed by atoms with Gasteiger partial charge in [0.1, 0.15) is 17.1 Å². The molecule has 0 saturated carbocycles. The molecular weight excluding hydrogens is 398 g/mol. The average Bonchev–Trinajstić information content (AvgIpc) is 2.92. The van der Waals surface area contributed by atoms with Crippen LogP contribution in [0.4, 0.5) is 5.69 Å². The number of aromatic hydroxyl groups is 2. The van der Waals surface area contributed by atoms with Gasteiger partial charge in [0.15, 0.2) is 0 Å². The lowest BCUT2D eigenvalue weighted by Crippen LogP contribution is -2.16. The summed E-state index contributed by atoms with van der Waals surface area (Å²) in [6.45, 7) is 0. The Morgan fingerprint density at radius 2 is 1.67 bits per heavy atom. The van der Waals surface area contributed by atoms with Crippen LogP contribution in [0.5, 0.6) is 11.5 Å². The molecule has 2 heterocycles. The Bertz CT molecular complexity index is 1340. The molecule has 0 aliphatic carbocycles. The molecule has 1 aliphatic heterocycles. The maximum Gasteiger partial charge on any atom is 0.345 e. The second kappa shape index (κ2) is 7.39. The largest absolute Gasteiger partial charge is 0.508 e. The van der Waals surface area contributed by atoms with Gasteiger partial charge < -0.3 is 14.6 Å². The number of thioether (sulfide) groups is 1. The Morgan fingerprint density at radius 3 is 2.50 bits per heavy atom. The summed E-state index contributed by atoms with van der Waals surface area (Å²) < 4.78 is 5.53. The first-order valence-corrected chi connectivity index (χ1v) is 10.3. The second-order valence-electron chi connectivity index (χ2n) is 7.10. The molecule has 5 rings (SSSR count). The van der Waals surface area contributed by atoms with E-state index in [-0.39, 0.29) is 16.7 Å². The summed E-state index contributed by atoms with van der Waals surface area (Å²) in [5.74, 6) is -0.0151. The number of phenols is 2. The zero-order chi connectivity index (χ0) is 20.7. The van der Waals surface area contributed by atoms with E-state index in [9.17, 15) is 15.0 Å². The Morgan fingerprint density at radius 1 is 0.933 bits per heavy atom. The highest BCUT2D eigenvalue weighted by atomic mass is 32.2. The average molecular weight is 415 g/mol. The molecule has 0 bridgehead atoms. The van der Waals surface area contributed by atoms with E-state index in [0.717, 1.165) is 21.5 Å². The predicted octanol–water partition coefficient (Wildman–Crippen LogP) is 5.56. The molecule has 6 heteroatoms. The fourth-order valence-electron chi connectivity index (χ4n) is 3.63. The Labute approximate surface area is 176 Å². The quantitative estimate of drug-likeness (QED) is 0.419. The number of phenolic OH excluding ortho intramolecular Hbond substituents is 2. The van der Waals surface area contributed by atoms with Crippen molar-refractivity contribution < 1.29 is 14.6 Å². The summed E-state index contributed by atoms with van der Waals surface area (Å²) in [4.78, 5) is 18.5. The number of benzene rings is 3. The molecule has 1 aliphatic rings. The van der Waals surface area contributed by atoms with Crippen LogP contribution in [-0.2, 0) is 0 Å². The van der Waals surface area contributed by atoms with Crippen molar-refractivity contribution in [3.8, 4) is 11.5 Å². The number of hydrogen-bond acceptors (Lipinski definition) is 6. The Hall–Kier alpha value is -3.51. The number of nitrogens with zero attached hydrogens (tertiary/aromatic N) is 1. The van der Waals surface area contributed by atoms with Gasteiger partial charge in [0, 0.05) is 28.0 Å². The molecule has 0 fully saturated rings. The van der Waals surface area contributed by atoms with E-state index < -0.39 is 5.63 Å². The molecule has 5 nitrogen and oxygen atoms in total. The van der Waals surface area contributed by atoms with Gasteiger partial charge in [-0.1, -0.05) is 30.3 Å². The molecule has 3 aromatic carbocycles. The number of rotatable bonds is 2. The zero-order valence-electron chi connectivity index (χ0n) is 15.8. The lowest BCUT2D eigenvalue weighted by molar-refractivity contribution is 0.449.